The molecule has 3 aromatic rings. The van der Waals surface area contributed by atoms with Crippen molar-refractivity contribution in [3.05, 3.63) is 60.3 Å². The average Bonchev–Trinajstić information content (AvgIpc) is 2.93. The second kappa shape index (κ2) is 5.06. The zero-order chi connectivity index (χ0) is 13.1. The molecule has 3 nitrogen and oxygen atoms in total. The fraction of sp³-hybridized carbons (Fsp3) is 0.125. The fourth-order valence-electron chi connectivity index (χ4n) is 2.11. The highest BCUT2D eigenvalue weighted by molar-refractivity contribution is 5.82. The molecular formula is C16H16N2O. The first-order valence-electron chi connectivity index (χ1n) is 6.29. The van der Waals surface area contributed by atoms with Crippen molar-refractivity contribution in [2.24, 2.45) is 0 Å². The van der Waals surface area contributed by atoms with Crippen molar-refractivity contribution in [1.82, 2.24) is 4.98 Å². The number of anilines is 1. The molecule has 0 saturated carbocycles. The predicted molar refractivity (Wildman–Crippen MR) is 78.6 cm³/mol. The summed E-state index contributed by atoms with van der Waals surface area (Å²) in [6.07, 6.45) is 1.96. The number of fused-ring (bicyclic) bond motifs is 1. The van der Waals surface area contributed by atoms with E-state index < -0.39 is 0 Å². The van der Waals surface area contributed by atoms with Crippen LogP contribution in [0.3, 0.4) is 0 Å². The molecule has 0 amide bonds. The van der Waals surface area contributed by atoms with Gasteiger partial charge in [-0.3, -0.25) is 0 Å². The third-order valence-electron chi connectivity index (χ3n) is 3.21. The third-order valence-corrected chi connectivity index (χ3v) is 3.21. The number of hydrogen-bond acceptors (Lipinski definition) is 2. The van der Waals surface area contributed by atoms with Gasteiger partial charge in [-0.15, -0.1) is 0 Å². The largest absolute Gasteiger partial charge is 0.497 e. The standard InChI is InChI=1S/C16H16N2O/c1-19-15-5-2-12(3-6-15)11-18-14-4-7-16-13(10-14)8-9-17-16/h2-10,17-18H,11H2,1H3. The average molecular weight is 252 g/mol. The number of aromatic amines is 1. The van der Waals surface area contributed by atoms with E-state index >= 15 is 0 Å². The Balaban J connectivity index is 1.70. The van der Waals surface area contributed by atoms with Crippen LogP contribution in [0.25, 0.3) is 10.9 Å². The molecule has 0 aliphatic heterocycles. The lowest BCUT2D eigenvalue weighted by Crippen LogP contribution is -1.99. The van der Waals surface area contributed by atoms with E-state index in [-0.39, 0.29) is 0 Å². The monoisotopic (exact) mass is 252 g/mol. The summed E-state index contributed by atoms with van der Waals surface area (Å²) < 4.78 is 5.15. The number of ether oxygens (including phenoxy) is 1. The number of hydrogen-bond donors (Lipinski definition) is 2. The Kier molecular flexibility index (Phi) is 3.11. The van der Waals surface area contributed by atoms with Gasteiger partial charge in [0.15, 0.2) is 0 Å². The van der Waals surface area contributed by atoms with Gasteiger partial charge in [-0.2, -0.15) is 0 Å². The topological polar surface area (TPSA) is 37.0 Å². The van der Waals surface area contributed by atoms with E-state index in [9.17, 15) is 0 Å². The lowest BCUT2D eigenvalue weighted by Gasteiger charge is -2.07. The van der Waals surface area contributed by atoms with Gasteiger partial charge in [0.05, 0.1) is 7.11 Å². The Bertz CT molecular complexity index is 671. The molecule has 2 N–H and O–H groups in total. The van der Waals surface area contributed by atoms with Gasteiger partial charge in [0.1, 0.15) is 5.75 Å². The molecule has 1 aromatic heterocycles. The van der Waals surface area contributed by atoms with Crippen molar-refractivity contribution in [1.29, 1.82) is 0 Å². The maximum absolute atomic E-state index is 5.15. The molecule has 0 aliphatic carbocycles. The van der Waals surface area contributed by atoms with Crippen LogP contribution in [0, 0.1) is 0 Å². The zero-order valence-corrected chi connectivity index (χ0v) is 10.8. The van der Waals surface area contributed by atoms with Crippen molar-refractivity contribution in [2.45, 2.75) is 6.54 Å². The number of aromatic nitrogens is 1. The van der Waals surface area contributed by atoms with Gasteiger partial charge in [-0.05, 0) is 42.0 Å². The highest BCUT2D eigenvalue weighted by Gasteiger charge is 1.98. The minimum atomic E-state index is 0.805. The van der Waals surface area contributed by atoms with Crippen molar-refractivity contribution in [2.75, 3.05) is 12.4 Å². The number of nitrogens with one attached hydrogen (secondary N) is 2. The van der Waals surface area contributed by atoms with Crippen molar-refractivity contribution in [3.8, 4) is 5.75 Å². The van der Waals surface area contributed by atoms with Gasteiger partial charge in [0.25, 0.3) is 0 Å². The minimum Gasteiger partial charge on any atom is -0.497 e. The van der Waals surface area contributed by atoms with Crippen LogP contribution in [0.2, 0.25) is 0 Å². The van der Waals surface area contributed by atoms with Crippen LogP contribution >= 0.6 is 0 Å². The first-order valence-corrected chi connectivity index (χ1v) is 6.29. The van der Waals surface area contributed by atoms with Crippen LogP contribution in [0.5, 0.6) is 5.75 Å². The molecule has 0 saturated heterocycles. The molecule has 0 spiro atoms. The molecule has 3 rings (SSSR count). The summed E-state index contributed by atoms with van der Waals surface area (Å²) in [4.78, 5) is 3.19. The van der Waals surface area contributed by atoms with Gasteiger partial charge in [0, 0.05) is 29.3 Å². The van der Waals surface area contributed by atoms with Crippen LogP contribution in [-0.4, -0.2) is 12.1 Å². The molecule has 3 heteroatoms. The Morgan fingerprint density at radius 3 is 2.68 bits per heavy atom. The quantitative estimate of drug-likeness (QED) is 0.741. The lowest BCUT2D eigenvalue weighted by molar-refractivity contribution is 0.414. The molecule has 19 heavy (non-hydrogen) atoms. The molecule has 1 heterocycles. The Morgan fingerprint density at radius 2 is 1.89 bits per heavy atom. The van der Waals surface area contributed by atoms with Gasteiger partial charge < -0.3 is 15.0 Å². The molecule has 0 fully saturated rings. The first-order chi connectivity index (χ1) is 9.35. The van der Waals surface area contributed by atoms with E-state index in [1.54, 1.807) is 7.11 Å². The second-order valence-corrected chi connectivity index (χ2v) is 4.48. The number of methoxy groups -OCH3 is 1. The summed E-state index contributed by atoms with van der Waals surface area (Å²) in [5.74, 6) is 0.887. The number of H-pyrrole nitrogens is 1. The summed E-state index contributed by atoms with van der Waals surface area (Å²) in [5.41, 5.74) is 3.52. The zero-order valence-electron chi connectivity index (χ0n) is 10.8. The van der Waals surface area contributed by atoms with Gasteiger partial charge >= 0.3 is 0 Å². The molecular weight excluding hydrogens is 236 g/mol. The molecule has 0 unspecified atom stereocenters. The van der Waals surface area contributed by atoms with E-state index in [2.05, 4.69) is 46.7 Å². The second-order valence-electron chi connectivity index (χ2n) is 4.48. The summed E-state index contributed by atoms with van der Waals surface area (Å²) in [6.45, 7) is 0.805. The van der Waals surface area contributed by atoms with Crippen LogP contribution in [0.4, 0.5) is 5.69 Å². The van der Waals surface area contributed by atoms with E-state index in [4.69, 9.17) is 4.74 Å². The summed E-state index contributed by atoms with van der Waals surface area (Å²) in [5, 5.41) is 4.65. The number of rotatable bonds is 4. The molecule has 0 atom stereocenters. The summed E-state index contributed by atoms with van der Waals surface area (Å²) in [7, 11) is 1.68. The van der Waals surface area contributed by atoms with Crippen molar-refractivity contribution >= 4 is 16.6 Å². The summed E-state index contributed by atoms with van der Waals surface area (Å²) >= 11 is 0. The van der Waals surface area contributed by atoms with Crippen LogP contribution in [0.1, 0.15) is 5.56 Å². The maximum Gasteiger partial charge on any atom is 0.118 e. The van der Waals surface area contributed by atoms with E-state index in [0.717, 1.165) is 23.5 Å². The third kappa shape index (κ3) is 2.55. The fourth-order valence-corrected chi connectivity index (χ4v) is 2.11. The van der Waals surface area contributed by atoms with Crippen LogP contribution < -0.4 is 10.1 Å². The highest BCUT2D eigenvalue weighted by Crippen LogP contribution is 2.19. The van der Waals surface area contributed by atoms with E-state index in [1.165, 1.54) is 10.9 Å². The molecule has 0 bridgehead atoms. The molecule has 2 aromatic carbocycles. The Hall–Kier alpha value is -2.42. The smallest absolute Gasteiger partial charge is 0.118 e. The predicted octanol–water partition coefficient (Wildman–Crippen LogP) is 3.79. The van der Waals surface area contributed by atoms with Gasteiger partial charge in [-0.1, -0.05) is 12.1 Å². The van der Waals surface area contributed by atoms with E-state index in [1.807, 2.05) is 18.3 Å². The SMILES string of the molecule is COc1ccc(CNc2ccc3[nH]ccc3c2)cc1. The molecule has 0 radical (unpaired) electrons. The minimum absolute atomic E-state index is 0.805. The van der Waals surface area contributed by atoms with Crippen LogP contribution in [0.15, 0.2) is 54.7 Å². The molecule has 0 aliphatic rings. The number of benzene rings is 2. The van der Waals surface area contributed by atoms with E-state index in [0.29, 0.717) is 0 Å². The van der Waals surface area contributed by atoms with Crippen molar-refractivity contribution < 1.29 is 4.74 Å². The van der Waals surface area contributed by atoms with Crippen molar-refractivity contribution in [3.63, 3.8) is 0 Å². The van der Waals surface area contributed by atoms with Gasteiger partial charge in [0.2, 0.25) is 0 Å². The lowest BCUT2D eigenvalue weighted by atomic mass is 10.2. The maximum atomic E-state index is 5.15. The highest BCUT2D eigenvalue weighted by atomic mass is 16.5. The molecule has 96 valence electrons. The Morgan fingerprint density at radius 1 is 1.05 bits per heavy atom. The normalized spacial score (nSPS) is 10.6. The Labute approximate surface area is 112 Å². The summed E-state index contributed by atoms with van der Waals surface area (Å²) in [6, 6.07) is 16.5. The van der Waals surface area contributed by atoms with Crippen LogP contribution in [-0.2, 0) is 6.54 Å². The first kappa shape index (κ1) is 11.7. The van der Waals surface area contributed by atoms with Gasteiger partial charge in [-0.25, -0.2) is 0 Å².